The fraction of sp³-hybridized carbons (Fsp3) is 0.600. The van der Waals surface area contributed by atoms with Crippen LogP contribution in [0.15, 0.2) is 18.2 Å². The first-order chi connectivity index (χ1) is 8.52. The number of nitrogens with one attached hydrogen (secondary N) is 1. The molecule has 1 atom stereocenters. The molecule has 1 N–H and O–H groups in total. The lowest BCUT2D eigenvalue weighted by atomic mass is 10.1. The molecule has 0 amide bonds. The third-order valence-corrected chi connectivity index (χ3v) is 3.90. The summed E-state index contributed by atoms with van der Waals surface area (Å²) >= 11 is 1.91. The van der Waals surface area contributed by atoms with Crippen molar-refractivity contribution in [2.75, 3.05) is 12.3 Å². The molecule has 0 heterocycles. The molecular weight excluding hydrogens is 245 g/mol. The van der Waals surface area contributed by atoms with Gasteiger partial charge in [0.25, 0.3) is 0 Å². The van der Waals surface area contributed by atoms with Gasteiger partial charge in [0.15, 0.2) is 0 Å². The van der Waals surface area contributed by atoms with Gasteiger partial charge in [-0.05, 0) is 48.4 Å². The van der Waals surface area contributed by atoms with Crippen molar-refractivity contribution < 1.29 is 4.39 Å². The van der Waals surface area contributed by atoms with Crippen LogP contribution in [-0.4, -0.2) is 17.5 Å². The molecule has 0 bridgehead atoms. The van der Waals surface area contributed by atoms with Crippen LogP contribution in [0.5, 0.6) is 0 Å². The first-order valence-corrected chi connectivity index (χ1v) is 7.70. The van der Waals surface area contributed by atoms with Crippen LogP contribution in [0.2, 0.25) is 0 Å². The zero-order chi connectivity index (χ0) is 13.5. The van der Waals surface area contributed by atoms with E-state index in [2.05, 4.69) is 32.2 Å². The van der Waals surface area contributed by atoms with Crippen LogP contribution in [0, 0.1) is 12.7 Å². The number of rotatable bonds is 7. The Kier molecular flexibility index (Phi) is 6.72. The summed E-state index contributed by atoms with van der Waals surface area (Å²) < 4.78 is 13.5. The van der Waals surface area contributed by atoms with Crippen molar-refractivity contribution in [3.05, 3.63) is 35.1 Å². The van der Waals surface area contributed by atoms with Crippen LogP contribution in [0.25, 0.3) is 0 Å². The van der Waals surface area contributed by atoms with Crippen molar-refractivity contribution in [2.24, 2.45) is 0 Å². The van der Waals surface area contributed by atoms with E-state index in [1.165, 1.54) is 0 Å². The van der Waals surface area contributed by atoms with Gasteiger partial charge in [0.1, 0.15) is 5.82 Å². The molecule has 0 radical (unpaired) electrons. The van der Waals surface area contributed by atoms with Crippen LogP contribution < -0.4 is 5.32 Å². The Bertz CT molecular complexity index is 345. The number of halogens is 1. The van der Waals surface area contributed by atoms with Gasteiger partial charge in [-0.1, -0.05) is 26.8 Å². The van der Waals surface area contributed by atoms with E-state index in [1.54, 1.807) is 12.1 Å². The minimum atomic E-state index is -0.136. The summed E-state index contributed by atoms with van der Waals surface area (Å²) in [4.78, 5) is 0. The molecule has 1 aromatic rings. The Balaban J connectivity index is 2.79. The van der Waals surface area contributed by atoms with Crippen molar-refractivity contribution in [1.82, 2.24) is 5.32 Å². The monoisotopic (exact) mass is 269 g/mol. The molecule has 1 rings (SSSR count). The van der Waals surface area contributed by atoms with Gasteiger partial charge in [0.2, 0.25) is 0 Å². The van der Waals surface area contributed by atoms with Gasteiger partial charge < -0.3 is 5.32 Å². The fourth-order valence-electron chi connectivity index (χ4n) is 1.85. The van der Waals surface area contributed by atoms with Gasteiger partial charge >= 0.3 is 0 Å². The highest BCUT2D eigenvalue weighted by atomic mass is 32.2. The van der Waals surface area contributed by atoms with Gasteiger partial charge in [0, 0.05) is 11.8 Å². The highest BCUT2D eigenvalue weighted by molar-refractivity contribution is 7.99. The largest absolute Gasteiger partial charge is 0.309 e. The van der Waals surface area contributed by atoms with E-state index >= 15 is 0 Å². The maximum Gasteiger partial charge on any atom is 0.123 e. The zero-order valence-electron chi connectivity index (χ0n) is 11.8. The molecule has 3 heteroatoms. The second-order valence-electron chi connectivity index (χ2n) is 4.95. The molecule has 102 valence electrons. The first kappa shape index (κ1) is 15.5. The molecule has 1 nitrogen and oxygen atoms in total. The summed E-state index contributed by atoms with van der Waals surface area (Å²) in [6.45, 7) is 9.45. The topological polar surface area (TPSA) is 12.0 Å². The maximum atomic E-state index is 13.5. The van der Waals surface area contributed by atoms with Gasteiger partial charge in [-0.25, -0.2) is 4.39 Å². The lowest BCUT2D eigenvalue weighted by molar-refractivity contribution is 0.567. The SMILES string of the molecule is CCCNC(CSC(C)C)c1cc(C)cc(F)c1. The average Bonchev–Trinajstić information content (AvgIpc) is 2.27. The second kappa shape index (κ2) is 7.80. The summed E-state index contributed by atoms with van der Waals surface area (Å²) in [5.41, 5.74) is 2.05. The van der Waals surface area contributed by atoms with Crippen molar-refractivity contribution in [3.8, 4) is 0 Å². The number of aryl methyl sites for hydroxylation is 1. The maximum absolute atomic E-state index is 13.5. The highest BCUT2D eigenvalue weighted by Crippen LogP contribution is 2.23. The molecule has 0 saturated heterocycles. The van der Waals surface area contributed by atoms with Crippen molar-refractivity contribution in [3.63, 3.8) is 0 Å². The fourth-order valence-corrected chi connectivity index (χ4v) is 2.73. The normalized spacial score (nSPS) is 13.0. The van der Waals surface area contributed by atoms with Gasteiger partial charge in [-0.3, -0.25) is 0 Å². The molecule has 0 saturated carbocycles. The quantitative estimate of drug-likeness (QED) is 0.791. The Morgan fingerprint density at radius 1 is 1.28 bits per heavy atom. The Morgan fingerprint density at radius 2 is 2.00 bits per heavy atom. The van der Waals surface area contributed by atoms with Crippen LogP contribution in [0.3, 0.4) is 0 Å². The van der Waals surface area contributed by atoms with E-state index in [0.29, 0.717) is 5.25 Å². The number of hydrogen-bond acceptors (Lipinski definition) is 2. The third kappa shape index (κ3) is 5.40. The van der Waals surface area contributed by atoms with E-state index in [4.69, 9.17) is 0 Å². The Labute approximate surface area is 115 Å². The molecule has 18 heavy (non-hydrogen) atoms. The van der Waals surface area contributed by atoms with Crippen molar-refractivity contribution in [2.45, 2.75) is 45.4 Å². The average molecular weight is 269 g/mol. The van der Waals surface area contributed by atoms with Crippen LogP contribution in [0.1, 0.15) is 44.4 Å². The second-order valence-corrected chi connectivity index (χ2v) is 6.56. The Morgan fingerprint density at radius 3 is 2.56 bits per heavy atom. The van der Waals surface area contributed by atoms with Crippen molar-refractivity contribution >= 4 is 11.8 Å². The lowest BCUT2D eigenvalue weighted by Crippen LogP contribution is -2.24. The number of thioether (sulfide) groups is 1. The van der Waals surface area contributed by atoms with E-state index in [-0.39, 0.29) is 11.9 Å². The minimum absolute atomic E-state index is 0.136. The predicted molar refractivity (Wildman–Crippen MR) is 79.8 cm³/mol. The van der Waals surface area contributed by atoms with Gasteiger partial charge in [0.05, 0.1) is 0 Å². The summed E-state index contributed by atoms with van der Waals surface area (Å²) in [6, 6.07) is 5.56. The Hall–Kier alpha value is -0.540. The summed E-state index contributed by atoms with van der Waals surface area (Å²) in [6.07, 6.45) is 1.09. The lowest BCUT2D eigenvalue weighted by Gasteiger charge is -2.20. The molecule has 1 aromatic carbocycles. The molecule has 1 unspecified atom stereocenters. The van der Waals surface area contributed by atoms with Crippen LogP contribution >= 0.6 is 11.8 Å². The van der Waals surface area contributed by atoms with Gasteiger partial charge in [-0.15, -0.1) is 0 Å². The summed E-state index contributed by atoms with van der Waals surface area (Å²) in [5, 5.41) is 4.11. The van der Waals surface area contributed by atoms with Crippen LogP contribution in [-0.2, 0) is 0 Å². The van der Waals surface area contributed by atoms with E-state index in [1.807, 2.05) is 18.7 Å². The zero-order valence-corrected chi connectivity index (χ0v) is 12.6. The standard InChI is InChI=1S/C15H24FNS/c1-5-6-17-15(10-18-11(2)3)13-7-12(4)8-14(16)9-13/h7-9,11,15,17H,5-6,10H2,1-4H3. The van der Waals surface area contributed by atoms with E-state index < -0.39 is 0 Å². The molecule has 0 fully saturated rings. The molecular formula is C15H24FNS. The molecule has 0 spiro atoms. The summed E-state index contributed by atoms with van der Waals surface area (Å²) in [5.74, 6) is 0.850. The first-order valence-electron chi connectivity index (χ1n) is 6.65. The van der Waals surface area contributed by atoms with Crippen molar-refractivity contribution in [1.29, 1.82) is 0 Å². The highest BCUT2D eigenvalue weighted by Gasteiger charge is 2.13. The molecule has 0 aliphatic carbocycles. The number of benzene rings is 1. The predicted octanol–water partition coefficient (Wildman–Crippen LogP) is 4.32. The third-order valence-electron chi connectivity index (χ3n) is 2.70. The molecule has 0 aliphatic rings. The van der Waals surface area contributed by atoms with E-state index in [0.717, 1.165) is 29.8 Å². The van der Waals surface area contributed by atoms with Gasteiger partial charge in [-0.2, -0.15) is 11.8 Å². The molecule has 0 aromatic heterocycles. The summed E-state index contributed by atoms with van der Waals surface area (Å²) in [7, 11) is 0. The van der Waals surface area contributed by atoms with E-state index in [9.17, 15) is 4.39 Å². The smallest absolute Gasteiger partial charge is 0.123 e. The minimum Gasteiger partial charge on any atom is -0.309 e. The van der Waals surface area contributed by atoms with Crippen LogP contribution in [0.4, 0.5) is 4.39 Å². The number of hydrogen-bond donors (Lipinski definition) is 1. The molecule has 0 aliphatic heterocycles.